The maximum atomic E-state index is 11.4. The smallest absolute Gasteiger partial charge is 0.248 e. The predicted molar refractivity (Wildman–Crippen MR) is 82.8 cm³/mol. The Kier molecular flexibility index (Phi) is 3.73. The molecular formula is C16H20N4O. The van der Waals surface area contributed by atoms with Gasteiger partial charge in [0, 0.05) is 25.4 Å². The second-order valence-electron chi connectivity index (χ2n) is 5.72. The lowest BCUT2D eigenvalue weighted by molar-refractivity contribution is 0.500. The topological polar surface area (TPSA) is 61.9 Å². The van der Waals surface area contributed by atoms with Gasteiger partial charge in [-0.15, -0.1) is 5.10 Å². The molecule has 0 aliphatic carbocycles. The van der Waals surface area contributed by atoms with Gasteiger partial charge < -0.3 is 9.88 Å². The van der Waals surface area contributed by atoms with E-state index in [2.05, 4.69) is 33.9 Å². The minimum Gasteiger partial charge on any atom is -0.355 e. The van der Waals surface area contributed by atoms with Crippen molar-refractivity contribution in [2.45, 2.75) is 32.6 Å². The molecule has 0 spiro atoms. The first-order valence-corrected chi connectivity index (χ1v) is 7.37. The molecule has 0 bridgehead atoms. The molecule has 0 saturated carbocycles. The third kappa shape index (κ3) is 2.82. The van der Waals surface area contributed by atoms with Crippen LogP contribution in [0.3, 0.4) is 0 Å². The molecule has 5 heteroatoms. The van der Waals surface area contributed by atoms with E-state index in [-0.39, 0.29) is 5.56 Å². The summed E-state index contributed by atoms with van der Waals surface area (Å²) in [4.78, 5) is 16.4. The van der Waals surface area contributed by atoms with Crippen molar-refractivity contribution < 1.29 is 0 Å². The van der Waals surface area contributed by atoms with Crippen molar-refractivity contribution in [1.29, 1.82) is 0 Å². The fourth-order valence-corrected chi connectivity index (χ4v) is 2.96. The van der Waals surface area contributed by atoms with Crippen LogP contribution in [0.15, 0.2) is 29.3 Å². The summed E-state index contributed by atoms with van der Waals surface area (Å²) in [6, 6.07) is 3.73. The number of nitrogens with one attached hydrogen (secondary N) is 1. The molecule has 1 aliphatic heterocycles. The molecule has 2 aromatic rings. The van der Waals surface area contributed by atoms with Gasteiger partial charge in [-0.1, -0.05) is 0 Å². The number of aromatic nitrogens is 3. The second-order valence-corrected chi connectivity index (χ2v) is 5.72. The van der Waals surface area contributed by atoms with Gasteiger partial charge in [-0.2, -0.15) is 5.10 Å². The van der Waals surface area contributed by atoms with E-state index in [4.69, 9.17) is 0 Å². The van der Waals surface area contributed by atoms with E-state index in [9.17, 15) is 4.79 Å². The summed E-state index contributed by atoms with van der Waals surface area (Å²) in [5.41, 5.74) is 3.51. The number of pyridine rings is 1. The van der Waals surface area contributed by atoms with Gasteiger partial charge in [0.1, 0.15) is 0 Å². The quantitative estimate of drug-likeness (QED) is 0.918. The summed E-state index contributed by atoms with van der Waals surface area (Å²) in [6.07, 6.45) is 5.62. The van der Waals surface area contributed by atoms with E-state index in [1.807, 2.05) is 12.3 Å². The number of piperidine rings is 1. The molecule has 1 saturated heterocycles. The number of hydrogen-bond acceptors (Lipinski definition) is 4. The number of rotatable bonds is 2. The molecule has 5 nitrogen and oxygen atoms in total. The molecule has 0 aromatic carbocycles. The Morgan fingerprint density at radius 1 is 1.29 bits per heavy atom. The Hall–Kier alpha value is -2.17. The van der Waals surface area contributed by atoms with Crippen LogP contribution in [0.25, 0.3) is 0 Å². The number of aromatic amines is 1. The van der Waals surface area contributed by atoms with E-state index >= 15 is 0 Å². The standard InChI is InChI=1S/C16H20N4O/c1-11-10-18-19-16(12(11)2)20-7-4-13(5-8-20)14-3-6-17-15(21)9-14/h3,6,9-10,13H,4-5,7-8H2,1-2H3,(H,17,21). The largest absolute Gasteiger partial charge is 0.355 e. The van der Waals surface area contributed by atoms with E-state index in [1.54, 1.807) is 12.3 Å². The number of aryl methyl sites for hydroxylation is 1. The molecule has 1 N–H and O–H groups in total. The van der Waals surface area contributed by atoms with Crippen molar-refractivity contribution >= 4 is 5.82 Å². The van der Waals surface area contributed by atoms with Crippen LogP contribution in [0.2, 0.25) is 0 Å². The SMILES string of the molecule is Cc1cnnc(N2CCC(c3cc[nH]c(=O)c3)CC2)c1C. The molecule has 0 unspecified atom stereocenters. The fourth-order valence-electron chi connectivity index (χ4n) is 2.96. The zero-order valence-electron chi connectivity index (χ0n) is 12.5. The predicted octanol–water partition coefficient (Wildman–Crippen LogP) is 2.17. The highest BCUT2D eigenvalue weighted by molar-refractivity contribution is 5.48. The number of nitrogens with zero attached hydrogens (tertiary/aromatic N) is 3. The van der Waals surface area contributed by atoms with Gasteiger partial charge in [0.05, 0.1) is 6.20 Å². The minimum absolute atomic E-state index is 0.0182. The highest BCUT2D eigenvalue weighted by Crippen LogP contribution is 2.30. The van der Waals surface area contributed by atoms with Crippen molar-refractivity contribution in [1.82, 2.24) is 15.2 Å². The Morgan fingerprint density at radius 3 is 2.76 bits per heavy atom. The number of anilines is 1. The highest BCUT2D eigenvalue weighted by Gasteiger charge is 2.23. The van der Waals surface area contributed by atoms with Crippen LogP contribution in [0.4, 0.5) is 5.82 Å². The molecule has 1 aliphatic rings. The zero-order chi connectivity index (χ0) is 14.8. The average molecular weight is 284 g/mol. The van der Waals surface area contributed by atoms with Crippen LogP contribution in [0.1, 0.15) is 35.4 Å². The zero-order valence-corrected chi connectivity index (χ0v) is 12.5. The molecule has 3 heterocycles. The van der Waals surface area contributed by atoms with Gasteiger partial charge in [-0.3, -0.25) is 4.79 Å². The van der Waals surface area contributed by atoms with Crippen molar-refractivity contribution in [3.63, 3.8) is 0 Å². The van der Waals surface area contributed by atoms with Gasteiger partial charge in [0.15, 0.2) is 5.82 Å². The van der Waals surface area contributed by atoms with Crippen molar-refractivity contribution in [2.24, 2.45) is 0 Å². The average Bonchev–Trinajstić information content (AvgIpc) is 2.50. The first kappa shape index (κ1) is 13.8. The lowest BCUT2D eigenvalue weighted by Crippen LogP contribution is -2.34. The first-order valence-electron chi connectivity index (χ1n) is 7.37. The van der Waals surface area contributed by atoms with Crippen LogP contribution in [-0.2, 0) is 0 Å². The van der Waals surface area contributed by atoms with Gasteiger partial charge in [-0.25, -0.2) is 0 Å². The number of H-pyrrole nitrogens is 1. The van der Waals surface area contributed by atoms with Crippen LogP contribution in [0.5, 0.6) is 0 Å². The summed E-state index contributed by atoms with van der Waals surface area (Å²) in [7, 11) is 0. The first-order chi connectivity index (χ1) is 10.1. The van der Waals surface area contributed by atoms with Crippen LogP contribution in [-0.4, -0.2) is 28.3 Å². The molecule has 0 atom stereocenters. The molecule has 3 rings (SSSR count). The van der Waals surface area contributed by atoms with E-state index in [0.717, 1.165) is 37.3 Å². The summed E-state index contributed by atoms with van der Waals surface area (Å²) in [5, 5.41) is 8.37. The Labute approximate surface area is 124 Å². The molecule has 1 fully saturated rings. The maximum Gasteiger partial charge on any atom is 0.248 e. The van der Waals surface area contributed by atoms with Gasteiger partial charge in [0.25, 0.3) is 0 Å². The van der Waals surface area contributed by atoms with Gasteiger partial charge in [0.2, 0.25) is 5.56 Å². The molecule has 0 amide bonds. The minimum atomic E-state index is -0.0182. The third-order valence-corrected chi connectivity index (χ3v) is 4.40. The van der Waals surface area contributed by atoms with Crippen molar-refractivity contribution in [3.05, 3.63) is 51.6 Å². The number of hydrogen-bond donors (Lipinski definition) is 1. The van der Waals surface area contributed by atoms with Crippen molar-refractivity contribution in [3.8, 4) is 0 Å². The van der Waals surface area contributed by atoms with Gasteiger partial charge >= 0.3 is 0 Å². The molecule has 110 valence electrons. The molecule has 2 aromatic heterocycles. The highest BCUT2D eigenvalue weighted by atomic mass is 16.1. The summed E-state index contributed by atoms with van der Waals surface area (Å²) < 4.78 is 0. The lowest BCUT2D eigenvalue weighted by Gasteiger charge is -2.33. The fraction of sp³-hybridized carbons (Fsp3) is 0.438. The van der Waals surface area contributed by atoms with Gasteiger partial charge in [-0.05, 0) is 55.4 Å². The molecule has 0 radical (unpaired) electrons. The lowest BCUT2D eigenvalue weighted by atomic mass is 9.90. The maximum absolute atomic E-state index is 11.4. The summed E-state index contributed by atoms with van der Waals surface area (Å²) in [5.74, 6) is 1.46. The summed E-state index contributed by atoms with van der Waals surface area (Å²) in [6.45, 7) is 6.07. The summed E-state index contributed by atoms with van der Waals surface area (Å²) >= 11 is 0. The third-order valence-electron chi connectivity index (χ3n) is 4.40. The molecular weight excluding hydrogens is 264 g/mol. The molecule has 21 heavy (non-hydrogen) atoms. The normalized spacial score (nSPS) is 16.2. The Morgan fingerprint density at radius 2 is 2.05 bits per heavy atom. The van der Waals surface area contributed by atoms with E-state index < -0.39 is 0 Å². The Bertz CT molecular complexity index is 687. The monoisotopic (exact) mass is 284 g/mol. The van der Waals surface area contributed by atoms with E-state index in [0.29, 0.717) is 5.92 Å². The Balaban J connectivity index is 1.73. The van der Waals surface area contributed by atoms with Crippen LogP contribution >= 0.6 is 0 Å². The van der Waals surface area contributed by atoms with E-state index in [1.165, 1.54) is 11.1 Å². The van der Waals surface area contributed by atoms with Crippen LogP contribution < -0.4 is 10.5 Å². The van der Waals surface area contributed by atoms with Crippen LogP contribution in [0, 0.1) is 13.8 Å². The van der Waals surface area contributed by atoms with Crippen molar-refractivity contribution in [2.75, 3.05) is 18.0 Å². The second kappa shape index (κ2) is 5.68.